The van der Waals surface area contributed by atoms with E-state index in [1.165, 1.54) is 0 Å². The zero-order valence-corrected chi connectivity index (χ0v) is 9.26. The summed E-state index contributed by atoms with van der Waals surface area (Å²) >= 11 is 17.3. The fourth-order valence-electron chi connectivity index (χ4n) is 1.21. The third kappa shape index (κ3) is 2.22. The van der Waals surface area contributed by atoms with Gasteiger partial charge in [-0.05, 0) is 22.8 Å². The molecule has 0 radical (unpaired) electrons. The molecule has 1 nitrogen and oxygen atoms in total. The predicted molar refractivity (Wildman–Crippen MR) is 59.5 cm³/mol. The number of nitrogens with two attached hydrogens (primary N) is 1. The Balaban J connectivity index is 3.27. The molecule has 0 atom stereocenters. The van der Waals surface area contributed by atoms with Crippen LogP contribution in [0.1, 0.15) is 16.7 Å². The molecule has 0 bridgehead atoms. The van der Waals surface area contributed by atoms with Crippen LogP contribution in [0.4, 0.5) is 5.69 Å². The van der Waals surface area contributed by atoms with Crippen molar-refractivity contribution >= 4 is 40.5 Å². The van der Waals surface area contributed by atoms with Gasteiger partial charge >= 0.3 is 0 Å². The summed E-state index contributed by atoms with van der Waals surface area (Å²) in [6.07, 6.45) is 0. The molecule has 0 saturated heterocycles. The fourth-order valence-corrected chi connectivity index (χ4v) is 2.11. The van der Waals surface area contributed by atoms with Crippen molar-refractivity contribution < 1.29 is 0 Å². The molecule has 72 valence electrons. The van der Waals surface area contributed by atoms with Crippen LogP contribution in [0.25, 0.3) is 0 Å². The van der Waals surface area contributed by atoms with E-state index in [1.54, 1.807) is 0 Å². The first kappa shape index (κ1) is 11.0. The van der Waals surface area contributed by atoms with Crippen LogP contribution >= 0.6 is 34.8 Å². The average Bonchev–Trinajstić information content (AvgIpc) is 2.17. The van der Waals surface area contributed by atoms with E-state index in [0.29, 0.717) is 23.3 Å². The molecule has 4 heteroatoms. The topological polar surface area (TPSA) is 26.0 Å². The summed E-state index contributed by atoms with van der Waals surface area (Å²) in [5.41, 5.74) is 9.29. The lowest BCUT2D eigenvalue weighted by molar-refractivity contribution is 1.20. The van der Waals surface area contributed by atoms with Crippen molar-refractivity contribution in [2.75, 3.05) is 5.73 Å². The van der Waals surface area contributed by atoms with E-state index in [-0.39, 0.29) is 0 Å². The summed E-state index contributed by atoms with van der Waals surface area (Å²) < 4.78 is 0. The first-order valence-corrected chi connectivity index (χ1v) is 5.42. The summed E-state index contributed by atoms with van der Waals surface area (Å²) in [7, 11) is 0. The molecule has 0 aliphatic carbocycles. The highest BCUT2D eigenvalue weighted by Gasteiger charge is 2.09. The first-order chi connectivity index (χ1) is 6.24. The van der Waals surface area contributed by atoms with Crippen LogP contribution < -0.4 is 5.73 Å². The molecule has 0 spiro atoms. The average molecular weight is 239 g/mol. The Morgan fingerprint density at radius 2 is 1.54 bits per heavy atom. The number of halogens is 3. The number of anilines is 1. The zero-order chi connectivity index (χ0) is 9.84. The largest absolute Gasteiger partial charge is 0.398 e. The van der Waals surface area contributed by atoms with Crippen LogP contribution in [-0.2, 0) is 17.6 Å². The molecule has 0 fully saturated rings. The number of rotatable bonds is 3. The van der Waals surface area contributed by atoms with Crippen molar-refractivity contribution in [2.45, 2.75) is 17.6 Å². The van der Waals surface area contributed by atoms with Gasteiger partial charge in [0.15, 0.2) is 0 Å². The quantitative estimate of drug-likeness (QED) is 0.633. The van der Waals surface area contributed by atoms with Crippen LogP contribution in [0.3, 0.4) is 0 Å². The second-order valence-electron chi connectivity index (χ2n) is 2.67. The highest BCUT2D eigenvalue weighted by molar-refractivity contribution is 6.20. The summed E-state index contributed by atoms with van der Waals surface area (Å²) in [4.78, 5) is 0. The van der Waals surface area contributed by atoms with Gasteiger partial charge in [-0.25, -0.2) is 0 Å². The van der Waals surface area contributed by atoms with Crippen molar-refractivity contribution in [3.63, 3.8) is 0 Å². The van der Waals surface area contributed by atoms with Crippen molar-refractivity contribution in [3.8, 4) is 0 Å². The Kier molecular flexibility index (Phi) is 4.17. The van der Waals surface area contributed by atoms with Gasteiger partial charge in [-0.1, -0.05) is 6.07 Å². The Morgan fingerprint density at radius 3 is 2.00 bits per heavy atom. The molecule has 1 aromatic rings. The smallest absolute Gasteiger partial charge is 0.0497 e. The van der Waals surface area contributed by atoms with Crippen LogP contribution in [0.2, 0.25) is 0 Å². The minimum atomic E-state index is 0.374. The zero-order valence-electron chi connectivity index (χ0n) is 6.99. The highest BCUT2D eigenvalue weighted by Crippen LogP contribution is 2.25. The van der Waals surface area contributed by atoms with Crippen LogP contribution in [0, 0.1) is 0 Å². The molecule has 0 unspecified atom stereocenters. The summed E-state index contributed by atoms with van der Waals surface area (Å²) in [5, 5.41) is 0. The number of alkyl halides is 3. The summed E-state index contributed by atoms with van der Waals surface area (Å²) in [6.45, 7) is 0. The van der Waals surface area contributed by atoms with E-state index < -0.39 is 0 Å². The number of benzene rings is 1. The van der Waals surface area contributed by atoms with Crippen molar-refractivity contribution in [1.29, 1.82) is 0 Å². The molecular formula is C9H10Cl3N. The van der Waals surface area contributed by atoms with Crippen LogP contribution in [0.15, 0.2) is 12.1 Å². The van der Waals surface area contributed by atoms with Gasteiger partial charge in [0, 0.05) is 23.3 Å². The Bertz CT molecular complexity index is 299. The molecule has 2 N–H and O–H groups in total. The second-order valence-corrected chi connectivity index (χ2v) is 3.47. The maximum Gasteiger partial charge on any atom is 0.0497 e. The third-order valence-electron chi connectivity index (χ3n) is 1.98. The molecule has 0 aromatic heterocycles. The van der Waals surface area contributed by atoms with Gasteiger partial charge in [-0.15, -0.1) is 34.8 Å². The Hall–Kier alpha value is -0.110. The highest BCUT2D eigenvalue weighted by atomic mass is 35.5. The Labute approximate surface area is 92.8 Å². The lowest BCUT2D eigenvalue weighted by Gasteiger charge is -2.11. The van der Waals surface area contributed by atoms with Crippen molar-refractivity contribution in [2.24, 2.45) is 0 Å². The lowest BCUT2D eigenvalue weighted by Crippen LogP contribution is -2.00. The monoisotopic (exact) mass is 237 g/mol. The normalized spacial score (nSPS) is 10.4. The minimum absolute atomic E-state index is 0.374. The molecule has 0 heterocycles. The van der Waals surface area contributed by atoms with E-state index in [4.69, 9.17) is 40.5 Å². The van der Waals surface area contributed by atoms with Gasteiger partial charge in [0.2, 0.25) is 0 Å². The van der Waals surface area contributed by atoms with Gasteiger partial charge < -0.3 is 5.73 Å². The van der Waals surface area contributed by atoms with E-state index in [0.717, 1.165) is 16.7 Å². The molecule has 1 rings (SSSR count). The van der Waals surface area contributed by atoms with Gasteiger partial charge in [0.1, 0.15) is 0 Å². The maximum absolute atomic E-state index is 5.79. The SMILES string of the molecule is Nc1ccc(CCl)c(CCl)c1CCl. The lowest BCUT2D eigenvalue weighted by atomic mass is 10.0. The van der Waals surface area contributed by atoms with E-state index in [1.807, 2.05) is 12.1 Å². The molecule has 0 saturated carbocycles. The molecule has 1 aromatic carbocycles. The summed E-state index contributed by atoms with van der Waals surface area (Å²) in [5.74, 6) is 1.21. The molecular weight excluding hydrogens is 228 g/mol. The molecule has 0 aliphatic heterocycles. The van der Waals surface area contributed by atoms with Crippen LogP contribution in [0.5, 0.6) is 0 Å². The standard InChI is InChI=1S/C9H10Cl3N/c10-3-6-1-2-9(13)8(5-12)7(6)4-11/h1-2H,3-5,13H2. The molecule has 0 aliphatic rings. The van der Waals surface area contributed by atoms with Gasteiger partial charge in [-0.3, -0.25) is 0 Å². The van der Waals surface area contributed by atoms with Crippen LogP contribution in [-0.4, -0.2) is 0 Å². The van der Waals surface area contributed by atoms with Gasteiger partial charge in [-0.2, -0.15) is 0 Å². The molecule has 0 amide bonds. The van der Waals surface area contributed by atoms with E-state index in [9.17, 15) is 0 Å². The maximum atomic E-state index is 5.79. The minimum Gasteiger partial charge on any atom is -0.398 e. The van der Waals surface area contributed by atoms with E-state index >= 15 is 0 Å². The second kappa shape index (κ2) is 4.94. The van der Waals surface area contributed by atoms with Crippen molar-refractivity contribution in [1.82, 2.24) is 0 Å². The first-order valence-electron chi connectivity index (χ1n) is 3.81. The van der Waals surface area contributed by atoms with Gasteiger partial charge in [0.25, 0.3) is 0 Å². The predicted octanol–water partition coefficient (Wildman–Crippen LogP) is 3.49. The fraction of sp³-hybridized carbons (Fsp3) is 0.333. The number of hydrogen-bond donors (Lipinski definition) is 1. The number of hydrogen-bond acceptors (Lipinski definition) is 1. The third-order valence-corrected chi connectivity index (χ3v) is 2.80. The number of nitrogen functional groups attached to an aromatic ring is 1. The van der Waals surface area contributed by atoms with Crippen molar-refractivity contribution in [3.05, 3.63) is 28.8 Å². The van der Waals surface area contributed by atoms with Gasteiger partial charge in [0.05, 0.1) is 0 Å². The summed E-state index contributed by atoms with van der Waals surface area (Å²) in [6, 6.07) is 3.70. The Morgan fingerprint density at radius 1 is 0.923 bits per heavy atom. The van der Waals surface area contributed by atoms with E-state index in [2.05, 4.69) is 0 Å². The molecule has 13 heavy (non-hydrogen) atoms.